The largest absolute Gasteiger partial charge is 0.502 e. The van der Waals surface area contributed by atoms with Gasteiger partial charge in [0.25, 0.3) is 0 Å². The van der Waals surface area contributed by atoms with E-state index in [1.54, 1.807) is 0 Å². The fraction of sp³-hybridized carbons (Fsp3) is 0.364. The van der Waals surface area contributed by atoms with E-state index in [2.05, 4.69) is 0 Å². The monoisotopic (exact) mass is 257 g/mol. The zero-order valence-electron chi connectivity index (χ0n) is 9.06. The van der Waals surface area contributed by atoms with Crippen molar-refractivity contribution in [3.05, 3.63) is 33.9 Å². The number of hydrogen-bond donors (Lipinski definition) is 1. The number of nitro groups is 1. The Kier molecular flexibility index (Phi) is 4.90. The molecule has 5 nitrogen and oxygen atoms in total. The van der Waals surface area contributed by atoms with Crippen molar-refractivity contribution in [3.8, 4) is 5.75 Å². The van der Waals surface area contributed by atoms with Crippen LogP contribution >= 0.6 is 11.6 Å². The first-order valence-electron chi connectivity index (χ1n) is 5.13. The molecule has 1 aromatic carbocycles. The molecule has 0 saturated heterocycles. The lowest BCUT2D eigenvalue weighted by Crippen LogP contribution is -2.01. The number of para-hydroxylation sites is 1. The smallest absolute Gasteiger partial charge is 0.311 e. The number of benzene rings is 1. The number of unbranched alkanes of at least 4 members (excludes halogenated alkanes) is 1. The zero-order chi connectivity index (χ0) is 12.8. The number of carbonyl (C=O) groups is 1. The van der Waals surface area contributed by atoms with Crippen LogP contribution in [0.25, 0.3) is 0 Å². The van der Waals surface area contributed by atoms with Gasteiger partial charge in [-0.1, -0.05) is 6.07 Å². The molecular formula is C11H12ClNO4. The van der Waals surface area contributed by atoms with Gasteiger partial charge < -0.3 is 5.11 Å². The lowest BCUT2D eigenvalue weighted by molar-refractivity contribution is -0.385. The average molecular weight is 258 g/mol. The van der Waals surface area contributed by atoms with Gasteiger partial charge in [-0.3, -0.25) is 14.9 Å². The molecule has 1 aromatic rings. The number of Topliss-reactive ketones (excluding diaryl/α,β-unsaturated/α-hetero) is 1. The number of phenolic OH excluding ortho intramolecular Hbond substituents is 1. The van der Waals surface area contributed by atoms with Crippen molar-refractivity contribution in [1.29, 1.82) is 0 Å². The fourth-order valence-corrected chi connectivity index (χ4v) is 1.61. The number of carbonyl (C=O) groups excluding carboxylic acids is 1. The molecule has 0 radical (unpaired) electrons. The predicted molar refractivity (Wildman–Crippen MR) is 63.7 cm³/mol. The van der Waals surface area contributed by atoms with Gasteiger partial charge in [-0.25, -0.2) is 0 Å². The number of alkyl halides is 1. The number of hydrogen-bond acceptors (Lipinski definition) is 4. The topological polar surface area (TPSA) is 80.4 Å². The highest BCUT2D eigenvalue weighted by Crippen LogP contribution is 2.30. The number of halogens is 1. The maximum Gasteiger partial charge on any atom is 0.311 e. The van der Waals surface area contributed by atoms with Crippen LogP contribution in [0.5, 0.6) is 5.75 Å². The standard InChI is InChI=1S/C11H12ClNO4/c12-7-2-1-6-10(14)8-4-3-5-9(11(8)15)13(16)17/h3-5,15H,1-2,6-7H2. The molecule has 0 bridgehead atoms. The highest BCUT2D eigenvalue weighted by atomic mass is 35.5. The summed E-state index contributed by atoms with van der Waals surface area (Å²) in [6.07, 6.45) is 1.52. The minimum absolute atomic E-state index is 0.00577. The molecule has 92 valence electrons. The number of nitro benzene ring substituents is 1. The number of nitrogens with zero attached hydrogens (tertiary/aromatic N) is 1. The fourth-order valence-electron chi connectivity index (χ4n) is 1.42. The molecule has 0 saturated carbocycles. The molecule has 0 aromatic heterocycles. The van der Waals surface area contributed by atoms with Gasteiger partial charge in [0.1, 0.15) is 0 Å². The highest BCUT2D eigenvalue weighted by molar-refractivity contribution is 6.17. The van der Waals surface area contributed by atoms with E-state index >= 15 is 0 Å². The van der Waals surface area contributed by atoms with E-state index in [4.69, 9.17) is 11.6 Å². The summed E-state index contributed by atoms with van der Waals surface area (Å²) < 4.78 is 0. The molecule has 0 amide bonds. The zero-order valence-corrected chi connectivity index (χ0v) is 9.81. The summed E-state index contributed by atoms with van der Waals surface area (Å²) >= 11 is 5.48. The molecule has 0 aliphatic heterocycles. The van der Waals surface area contributed by atoms with Crippen molar-refractivity contribution < 1.29 is 14.8 Å². The van der Waals surface area contributed by atoms with Crippen molar-refractivity contribution in [2.75, 3.05) is 5.88 Å². The molecule has 0 fully saturated rings. The maximum absolute atomic E-state index is 11.7. The molecule has 1 N–H and O–H groups in total. The van der Waals surface area contributed by atoms with Crippen molar-refractivity contribution in [2.45, 2.75) is 19.3 Å². The van der Waals surface area contributed by atoms with Crippen LogP contribution in [-0.2, 0) is 0 Å². The first-order valence-corrected chi connectivity index (χ1v) is 5.67. The first kappa shape index (κ1) is 13.4. The molecule has 0 spiro atoms. The van der Waals surface area contributed by atoms with Gasteiger partial charge in [-0.2, -0.15) is 0 Å². The van der Waals surface area contributed by atoms with Crippen LogP contribution in [0, 0.1) is 10.1 Å². The summed E-state index contributed by atoms with van der Waals surface area (Å²) in [5.41, 5.74) is -0.457. The summed E-state index contributed by atoms with van der Waals surface area (Å²) in [5.74, 6) is -0.404. The Morgan fingerprint density at radius 2 is 2.12 bits per heavy atom. The summed E-state index contributed by atoms with van der Waals surface area (Å²) in [4.78, 5) is 21.5. The number of ketones is 1. The molecule has 0 aliphatic rings. The quantitative estimate of drug-likeness (QED) is 0.279. The van der Waals surface area contributed by atoms with E-state index in [1.165, 1.54) is 12.1 Å². The van der Waals surface area contributed by atoms with Crippen molar-refractivity contribution >= 4 is 23.1 Å². The first-order chi connectivity index (χ1) is 8.07. The molecule has 0 atom stereocenters. The van der Waals surface area contributed by atoms with E-state index in [0.717, 1.165) is 6.07 Å². The Morgan fingerprint density at radius 1 is 1.41 bits per heavy atom. The molecular weight excluding hydrogens is 246 g/mol. The SMILES string of the molecule is O=C(CCCCCl)c1cccc([N+](=O)[O-])c1O. The molecule has 0 unspecified atom stereocenters. The van der Waals surface area contributed by atoms with Crippen LogP contribution in [0.2, 0.25) is 0 Å². The van der Waals surface area contributed by atoms with Gasteiger partial charge in [-0.05, 0) is 18.9 Å². The van der Waals surface area contributed by atoms with Crippen molar-refractivity contribution in [3.63, 3.8) is 0 Å². The van der Waals surface area contributed by atoms with Crippen LogP contribution in [0.4, 0.5) is 5.69 Å². The van der Waals surface area contributed by atoms with Gasteiger partial charge in [-0.15, -0.1) is 11.6 Å². The second-order valence-corrected chi connectivity index (χ2v) is 3.88. The Morgan fingerprint density at radius 3 is 2.71 bits per heavy atom. The van der Waals surface area contributed by atoms with E-state index < -0.39 is 16.4 Å². The molecule has 6 heteroatoms. The number of aromatic hydroxyl groups is 1. The van der Waals surface area contributed by atoms with Crippen molar-refractivity contribution in [1.82, 2.24) is 0 Å². The molecule has 0 aliphatic carbocycles. The van der Waals surface area contributed by atoms with E-state index in [-0.39, 0.29) is 17.8 Å². The van der Waals surface area contributed by atoms with Gasteiger partial charge in [0.05, 0.1) is 10.5 Å². The summed E-state index contributed by atoms with van der Waals surface area (Å²) in [7, 11) is 0. The Hall–Kier alpha value is -1.62. The molecule has 1 rings (SSSR count). The summed E-state index contributed by atoms with van der Waals surface area (Å²) in [6.45, 7) is 0. The Balaban J connectivity index is 2.87. The second kappa shape index (κ2) is 6.20. The van der Waals surface area contributed by atoms with Crippen LogP contribution in [0.1, 0.15) is 29.6 Å². The van der Waals surface area contributed by atoms with E-state index in [1.807, 2.05) is 0 Å². The van der Waals surface area contributed by atoms with Gasteiger partial charge >= 0.3 is 5.69 Å². The number of rotatable bonds is 6. The normalized spacial score (nSPS) is 10.2. The third-order valence-electron chi connectivity index (χ3n) is 2.30. The van der Waals surface area contributed by atoms with E-state index in [0.29, 0.717) is 18.7 Å². The summed E-state index contributed by atoms with van der Waals surface area (Å²) in [6, 6.07) is 3.92. The van der Waals surface area contributed by atoms with Crippen LogP contribution in [-0.4, -0.2) is 21.7 Å². The third kappa shape index (κ3) is 3.42. The lowest BCUT2D eigenvalue weighted by atomic mass is 10.0. The van der Waals surface area contributed by atoms with Crippen LogP contribution < -0.4 is 0 Å². The predicted octanol–water partition coefficient (Wildman–Crippen LogP) is 2.89. The second-order valence-electron chi connectivity index (χ2n) is 3.50. The Labute approximate surface area is 103 Å². The minimum Gasteiger partial charge on any atom is -0.502 e. The average Bonchev–Trinajstić information content (AvgIpc) is 2.29. The third-order valence-corrected chi connectivity index (χ3v) is 2.57. The van der Waals surface area contributed by atoms with Gasteiger partial charge in [0.2, 0.25) is 5.75 Å². The highest BCUT2D eigenvalue weighted by Gasteiger charge is 2.20. The minimum atomic E-state index is -0.717. The molecule has 0 heterocycles. The van der Waals surface area contributed by atoms with Gasteiger partial charge in [0.15, 0.2) is 5.78 Å². The van der Waals surface area contributed by atoms with Crippen LogP contribution in [0.3, 0.4) is 0 Å². The van der Waals surface area contributed by atoms with Crippen molar-refractivity contribution in [2.24, 2.45) is 0 Å². The van der Waals surface area contributed by atoms with Crippen LogP contribution in [0.15, 0.2) is 18.2 Å². The maximum atomic E-state index is 11.7. The Bertz CT molecular complexity index is 433. The summed E-state index contributed by atoms with van der Waals surface area (Å²) in [5, 5.41) is 20.2. The van der Waals surface area contributed by atoms with E-state index in [9.17, 15) is 20.0 Å². The lowest BCUT2D eigenvalue weighted by Gasteiger charge is -2.03. The molecule has 17 heavy (non-hydrogen) atoms. The van der Waals surface area contributed by atoms with Gasteiger partial charge in [0, 0.05) is 18.4 Å². The number of phenols is 1.